The Labute approximate surface area is 96.2 Å². The van der Waals surface area contributed by atoms with Crippen molar-refractivity contribution in [1.82, 2.24) is 0 Å². The third-order valence-corrected chi connectivity index (χ3v) is 4.08. The molecule has 86 valence electrons. The van der Waals surface area contributed by atoms with Crippen LogP contribution in [0.2, 0.25) is 0 Å². The SMILES string of the molecule is CC1(c2cccc3c2OCC3)CCC(O)C1. The normalized spacial score (nSPS) is 32.5. The molecule has 1 heterocycles. The maximum atomic E-state index is 9.73. The molecule has 0 radical (unpaired) electrons. The molecule has 0 amide bonds. The molecule has 1 aliphatic carbocycles. The molecule has 3 rings (SSSR count). The van der Waals surface area contributed by atoms with Gasteiger partial charge in [0, 0.05) is 12.0 Å². The lowest BCUT2D eigenvalue weighted by atomic mass is 9.79. The van der Waals surface area contributed by atoms with Gasteiger partial charge < -0.3 is 9.84 Å². The number of aliphatic hydroxyl groups is 1. The van der Waals surface area contributed by atoms with Gasteiger partial charge in [-0.15, -0.1) is 0 Å². The van der Waals surface area contributed by atoms with Crippen molar-refractivity contribution in [1.29, 1.82) is 0 Å². The molecule has 1 aromatic rings. The predicted octanol–water partition coefficient (Wildman–Crippen LogP) is 2.42. The van der Waals surface area contributed by atoms with Crippen LogP contribution in [0, 0.1) is 0 Å². The number of fused-ring (bicyclic) bond motifs is 1. The maximum absolute atomic E-state index is 9.73. The van der Waals surface area contributed by atoms with Crippen molar-refractivity contribution in [2.24, 2.45) is 0 Å². The largest absolute Gasteiger partial charge is 0.493 e. The van der Waals surface area contributed by atoms with Crippen molar-refractivity contribution in [3.8, 4) is 5.75 Å². The van der Waals surface area contributed by atoms with Gasteiger partial charge in [-0.1, -0.05) is 25.1 Å². The smallest absolute Gasteiger partial charge is 0.126 e. The van der Waals surface area contributed by atoms with E-state index in [1.807, 2.05) is 0 Å². The van der Waals surface area contributed by atoms with Crippen molar-refractivity contribution in [2.45, 2.75) is 44.1 Å². The van der Waals surface area contributed by atoms with Gasteiger partial charge >= 0.3 is 0 Å². The van der Waals surface area contributed by atoms with E-state index in [0.29, 0.717) is 0 Å². The number of rotatable bonds is 1. The highest BCUT2D eigenvalue weighted by atomic mass is 16.5. The fraction of sp³-hybridized carbons (Fsp3) is 0.571. The van der Waals surface area contributed by atoms with E-state index in [1.165, 1.54) is 11.1 Å². The zero-order valence-corrected chi connectivity index (χ0v) is 9.70. The summed E-state index contributed by atoms with van der Waals surface area (Å²) in [7, 11) is 0. The standard InChI is InChI=1S/C14H18O2/c1-14(7-5-11(15)9-14)12-4-2-3-10-6-8-16-13(10)12/h2-4,11,15H,5-9H2,1H3. The van der Waals surface area contributed by atoms with E-state index in [-0.39, 0.29) is 11.5 Å². The zero-order chi connectivity index (χ0) is 11.2. The summed E-state index contributed by atoms with van der Waals surface area (Å²) in [5.74, 6) is 1.10. The van der Waals surface area contributed by atoms with Crippen LogP contribution in [0.4, 0.5) is 0 Å². The summed E-state index contributed by atoms with van der Waals surface area (Å²) >= 11 is 0. The lowest BCUT2D eigenvalue weighted by molar-refractivity contribution is 0.175. The second-order valence-corrected chi connectivity index (χ2v) is 5.35. The fourth-order valence-electron chi connectivity index (χ4n) is 3.14. The third-order valence-electron chi connectivity index (χ3n) is 4.08. The molecule has 0 saturated heterocycles. The van der Waals surface area contributed by atoms with Crippen LogP contribution < -0.4 is 4.74 Å². The molecule has 0 bridgehead atoms. The first kappa shape index (κ1) is 10.2. The van der Waals surface area contributed by atoms with Crippen LogP contribution in [0.3, 0.4) is 0 Å². The molecule has 1 aromatic carbocycles. The molecule has 0 aromatic heterocycles. The average molecular weight is 218 g/mol. The second-order valence-electron chi connectivity index (χ2n) is 5.35. The minimum atomic E-state index is -0.137. The molecule has 2 heteroatoms. The molecular formula is C14H18O2. The van der Waals surface area contributed by atoms with Crippen molar-refractivity contribution in [3.05, 3.63) is 29.3 Å². The van der Waals surface area contributed by atoms with E-state index in [0.717, 1.165) is 38.0 Å². The van der Waals surface area contributed by atoms with Gasteiger partial charge in [0.25, 0.3) is 0 Å². The van der Waals surface area contributed by atoms with Crippen LogP contribution in [0.15, 0.2) is 18.2 Å². The number of ether oxygens (including phenoxy) is 1. The Morgan fingerprint density at radius 2 is 2.31 bits per heavy atom. The van der Waals surface area contributed by atoms with Crippen LogP contribution >= 0.6 is 0 Å². The van der Waals surface area contributed by atoms with Gasteiger partial charge in [-0.05, 0) is 30.2 Å². The van der Waals surface area contributed by atoms with Gasteiger partial charge in [0.2, 0.25) is 0 Å². The number of hydrogen-bond acceptors (Lipinski definition) is 2. The van der Waals surface area contributed by atoms with E-state index in [4.69, 9.17) is 4.74 Å². The summed E-state index contributed by atoms with van der Waals surface area (Å²) in [6.07, 6.45) is 3.74. The number of para-hydroxylation sites is 1. The van der Waals surface area contributed by atoms with Crippen molar-refractivity contribution >= 4 is 0 Å². The Morgan fingerprint density at radius 3 is 3.06 bits per heavy atom. The minimum Gasteiger partial charge on any atom is -0.493 e. The molecule has 2 nitrogen and oxygen atoms in total. The van der Waals surface area contributed by atoms with Crippen molar-refractivity contribution < 1.29 is 9.84 Å². The summed E-state index contributed by atoms with van der Waals surface area (Å²) in [4.78, 5) is 0. The van der Waals surface area contributed by atoms with Crippen LogP contribution in [0.1, 0.15) is 37.3 Å². The molecule has 1 saturated carbocycles. The van der Waals surface area contributed by atoms with Crippen LogP contribution in [-0.4, -0.2) is 17.8 Å². The zero-order valence-electron chi connectivity index (χ0n) is 9.70. The third kappa shape index (κ3) is 1.44. The average Bonchev–Trinajstić information content (AvgIpc) is 2.85. The minimum absolute atomic E-state index is 0.106. The number of aliphatic hydroxyl groups excluding tert-OH is 1. The molecule has 2 unspecified atom stereocenters. The summed E-state index contributed by atoms with van der Waals surface area (Å²) < 4.78 is 5.76. The first-order valence-corrected chi connectivity index (χ1v) is 6.12. The van der Waals surface area contributed by atoms with E-state index in [1.54, 1.807) is 0 Å². The van der Waals surface area contributed by atoms with Gasteiger partial charge in [-0.25, -0.2) is 0 Å². The molecule has 2 aliphatic rings. The predicted molar refractivity (Wildman–Crippen MR) is 62.9 cm³/mol. The topological polar surface area (TPSA) is 29.5 Å². The quantitative estimate of drug-likeness (QED) is 0.784. The molecule has 16 heavy (non-hydrogen) atoms. The fourth-order valence-corrected chi connectivity index (χ4v) is 3.14. The maximum Gasteiger partial charge on any atom is 0.126 e. The Balaban J connectivity index is 2.04. The lowest BCUT2D eigenvalue weighted by Gasteiger charge is -2.26. The second kappa shape index (κ2) is 3.49. The van der Waals surface area contributed by atoms with Crippen molar-refractivity contribution in [3.63, 3.8) is 0 Å². The molecule has 1 N–H and O–H groups in total. The van der Waals surface area contributed by atoms with E-state index < -0.39 is 0 Å². The van der Waals surface area contributed by atoms with Gasteiger partial charge in [0.15, 0.2) is 0 Å². The summed E-state index contributed by atoms with van der Waals surface area (Å²) in [6, 6.07) is 6.45. The highest BCUT2D eigenvalue weighted by Gasteiger charge is 2.38. The number of benzene rings is 1. The molecule has 0 spiro atoms. The van der Waals surface area contributed by atoms with Gasteiger partial charge in [-0.2, -0.15) is 0 Å². The Bertz CT molecular complexity index is 413. The van der Waals surface area contributed by atoms with Crippen LogP contribution in [-0.2, 0) is 11.8 Å². The number of hydrogen-bond donors (Lipinski definition) is 1. The van der Waals surface area contributed by atoms with Gasteiger partial charge in [0.05, 0.1) is 12.7 Å². The van der Waals surface area contributed by atoms with E-state index >= 15 is 0 Å². The van der Waals surface area contributed by atoms with E-state index in [9.17, 15) is 5.11 Å². The molecule has 1 fully saturated rings. The first-order valence-electron chi connectivity index (χ1n) is 6.12. The Kier molecular flexibility index (Phi) is 2.21. The molecule has 1 aliphatic heterocycles. The summed E-state index contributed by atoms with van der Waals surface area (Å²) in [6.45, 7) is 3.06. The van der Waals surface area contributed by atoms with Crippen LogP contribution in [0.5, 0.6) is 5.75 Å². The Hall–Kier alpha value is -1.02. The van der Waals surface area contributed by atoms with Gasteiger partial charge in [-0.3, -0.25) is 0 Å². The highest BCUT2D eigenvalue weighted by molar-refractivity contribution is 5.48. The molecule has 2 atom stereocenters. The molecular weight excluding hydrogens is 200 g/mol. The lowest BCUT2D eigenvalue weighted by Crippen LogP contribution is -2.19. The van der Waals surface area contributed by atoms with Gasteiger partial charge in [0.1, 0.15) is 5.75 Å². The first-order chi connectivity index (χ1) is 7.69. The monoisotopic (exact) mass is 218 g/mol. The highest BCUT2D eigenvalue weighted by Crippen LogP contribution is 2.46. The Morgan fingerprint density at radius 1 is 1.44 bits per heavy atom. The van der Waals surface area contributed by atoms with E-state index in [2.05, 4.69) is 25.1 Å². The van der Waals surface area contributed by atoms with Crippen molar-refractivity contribution in [2.75, 3.05) is 6.61 Å². The summed E-state index contributed by atoms with van der Waals surface area (Å²) in [5, 5.41) is 9.73. The van der Waals surface area contributed by atoms with Crippen LogP contribution in [0.25, 0.3) is 0 Å². The summed E-state index contributed by atoms with van der Waals surface area (Å²) in [5.41, 5.74) is 2.74.